The summed E-state index contributed by atoms with van der Waals surface area (Å²) in [6.45, 7) is 0. The predicted molar refractivity (Wildman–Crippen MR) is 47.0 cm³/mol. The average molecular weight is 185 g/mol. The Kier molecular flexibility index (Phi) is 1.84. The van der Waals surface area contributed by atoms with Gasteiger partial charge in [-0.1, -0.05) is 0 Å². The third-order valence-electron chi connectivity index (χ3n) is 1.90. The standard InChI is InChI=1S/C7H11N3OS/c1-10-8-3-6(9-10)2-7(11)4-12-5-7/h3,11H,2,4-5H2,1H3. The van der Waals surface area contributed by atoms with Crippen LogP contribution in [0.25, 0.3) is 0 Å². The van der Waals surface area contributed by atoms with Crippen LogP contribution in [-0.4, -0.2) is 37.2 Å². The Morgan fingerprint density at radius 1 is 1.75 bits per heavy atom. The Morgan fingerprint density at radius 2 is 2.50 bits per heavy atom. The lowest BCUT2D eigenvalue weighted by atomic mass is 10.0. The predicted octanol–water partition coefficient (Wildman–Crippen LogP) is -0.164. The van der Waals surface area contributed by atoms with Crippen molar-refractivity contribution in [2.75, 3.05) is 11.5 Å². The largest absolute Gasteiger partial charge is 0.388 e. The molecular weight excluding hydrogens is 174 g/mol. The molecule has 1 aromatic rings. The van der Waals surface area contributed by atoms with Gasteiger partial charge >= 0.3 is 0 Å². The van der Waals surface area contributed by atoms with Gasteiger partial charge in [0.25, 0.3) is 0 Å². The summed E-state index contributed by atoms with van der Waals surface area (Å²) in [6.07, 6.45) is 2.34. The van der Waals surface area contributed by atoms with Crippen molar-refractivity contribution in [1.82, 2.24) is 15.0 Å². The summed E-state index contributed by atoms with van der Waals surface area (Å²) in [4.78, 5) is 1.52. The van der Waals surface area contributed by atoms with Gasteiger partial charge in [-0.05, 0) is 0 Å². The molecule has 5 heteroatoms. The minimum atomic E-state index is -0.513. The Labute approximate surface area is 75.0 Å². The molecule has 0 radical (unpaired) electrons. The number of hydrogen-bond acceptors (Lipinski definition) is 4. The zero-order chi connectivity index (χ0) is 8.60. The quantitative estimate of drug-likeness (QED) is 0.695. The molecule has 0 bridgehead atoms. The van der Waals surface area contributed by atoms with Crippen molar-refractivity contribution in [3.8, 4) is 0 Å². The molecule has 0 aromatic carbocycles. The molecule has 12 heavy (non-hydrogen) atoms. The fourth-order valence-corrected chi connectivity index (χ4v) is 2.13. The first-order valence-corrected chi connectivity index (χ1v) is 4.99. The van der Waals surface area contributed by atoms with Crippen LogP contribution in [0.3, 0.4) is 0 Å². The van der Waals surface area contributed by atoms with Gasteiger partial charge in [0.05, 0.1) is 17.5 Å². The van der Waals surface area contributed by atoms with Crippen LogP contribution in [0.1, 0.15) is 5.69 Å². The summed E-state index contributed by atoms with van der Waals surface area (Å²) in [6, 6.07) is 0. The van der Waals surface area contributed by atoms with Gasteiger partial charge in [0.1, 0.15) is 0 Å². The van der Waals surface area contributed by atoms with E-state index in [1.165, 1.54) is 4.80 Å². The monoisotopic (exact) mass is 185 g/mol. The SMILES string of the molecule is Cn1ncc(CC2(O)CSC2)n1. The van der Waals surface area contributed by atoms with Crippen molar-refractivity contribution >= 4 is 11.8 Å². The molecule has 0 aliphatic carbocycles. The lowest BCUT2D eigenvalue weighted by molar-refractivity contribution is 0.0781. The first-order chi connectivity index (χ1) is 5.68. The van der Waals surface area contributed by atoms with Gasteiger partial charge in [0, 0.05) is 25.0 Å². The van der Waals surface area contributed by atoms with Crippen molar-refractivity contribution in [3.05, 3.63) is 11.9 Å². The molecule has 0 amide bonds. The fraction of sp³-hybridized carbons (Fsp3) is 0.714. The number of rotatable bonds is 2. The average Bonchev–Trinajstić information content (AvgIpc) is 2.32. The zero-order valence-electron chi connectivity index (χ0n) is 6.90. The van der Waals surface area contributed by atoms with E-state index in [2.05, 4.69) is 10.2 Å². The summed E-state index contributed by atoms with van der Waals surface area (Å²) in [7, 11) is 1.78. The van der Waals surface area contributed by atoms with Crippen LogP contribution >= 0.6 is 11.8 Å². The van der Waals surface area contributed by atoms with Crippen LogP contribution in [0.4, 0.5) is 0 Å². The van der Waals surface area contributed by atoms with Crippen molar-refractivity contribution in [3.63, 3.8) is 0 Å². The van der Waals surface area contributed by atoms with E-state index in [0.29, 0.717) is 6.42 Å². The van der Waals surface area contributed by atoms with E-state index in [1.807, 2.05) is 0 Å². The smallest absolute Gasteiger partial charge is 0.0884 e. The van der Waals surface area contributed by atoms with Crippen molar-refractivity contribution in [2.45, 2.75) is 12.0 Å². The molecule has 1 fully saturated rings. The molecule has 4 nitrogen and oxygen atoms in total. The highest BCUT2D eigenvalue weighted by atomic mass is 32.2. The van der Waals surface area contributed by atoms with Crippen LogP contribution < -0.4 is 0 Å². The molecule has 1 aliphatic heterocycles. The maximum Gasteiger partial charge on any atom is 0.0884 e. The highest BCUT2D eigenvalue weighted by Crippen LogP contribution is 2.31. The summed E-state index contributed by atoms with van der Waals surface area (Å²) in [5.41, 5.74) is 0.362. The van der Waals surface area contributed by atoms with Crippen LogP contribution in [0.15, 0.2) is 6.20 Å². The van der Waals surface area contributed by atoms with E-state index < -0.39 is 5.60 Å². The molecule has 1 N–H and O–H groups in total. The summed E-state index contributed by atoms with van der Waals surface area (Å²) in [5.74, 6) is 1.65. The lowest BCUT2D eigenvalue weighted by Crippen LogP contribution is -2.45. The first-order valence-electron chi connectivity index (χ1n) is 3.83. The Hall–Kier alpha value is -0.550. The number of thioether (sulfide) groups is 1. The van der Waals surface area contributed by atoms with Gasteiger partial charge < -0.3 is 5.11 Å². The highest BCUT2D eigenvalue weighted by molar-refractivity contribution is 8.00. The van der Waals surface area contributed by atoms with Crippen molar-refractivity contribution in [1.29, 1.82) is 0 Å². The summed E-state index contributed by atoms with van der Waals surface area (Å²) in [5, 5.41) is 17.8. The zero-order valence-corrected chi connectivity index (χ0v) is 7.71. The van der Waals surface area contributed by atoms with Crippen LogP contribution in [0, 0.1) is 0 Å². The van der Waals surface area contributed by atoms with Gasteiger partial charge in [-0.3, -0.25) is 0 Å². The van der Waals surface area contributed by atoms with Crippen LogP contribution in [-0.2, 0) is 13.5 Å². The molecule has 1 aliphatic rings. The second-order valence-corrected chi connectivity index (χ2v) is 4.20. The molecular formula is C7H11N3OS. The van der Waals surface area contributed by atoms with E-state index in [9.17, 15) is 5.11 Å². The Balaban J connectivity index is 2.03. The molecule has 0 atom stereocenters. The third-order valence-corrected chi connectivity index (χ3v) is 3.38. The minimum absolute atomic E-state index is 0.513. The van der Waals surface area contributed by atoms with Crippen LogP contribution in [0.2, 0.25) is 0 Å². The number of aryl methyl sites for hydroxylation is 1. The molecule has 66 valence electrons. The number of aliphatic hydroxyl groups is 1. The van der Waals surface area contributed by atoms with Crippen LogP contribution in [0.5, 0.6) is 0 Å². The Bertz CT molecular complexity index is 282. The molecule has 0 unspecified atom stereocenters. The third kappa shape index (κ3) is 1.47. The van der Waals surface area contributed by atoms with Gasteiger partial charge in [-0.25, -0.2) is 0 Å². The van der Waals surface area contributed by atoms with Gasteiger partial charge in [0.2, 0.25) is 0 Å². The van der Waals surface area contributed by atoms with Crippen molar-refractivity contribution < 1.29 is 5.11 Å². The van der Waals surface area contributed by atoms with Crippen molar-refractivity contribution in [2.24, 2.45) is 7.05 Å². The van der Waals surface area contributed by atoms with E-state index in [0.717, 1.165) is 17.2 Å². The topological polar surface area (TPSA) is 50.9 Å². The maximum atomic E-state index is 9.77. The van der Waals surface area contributed by atoms with E-state index >= 15 is 0 Å². The number of aromatic nitrogens is 3. The Morgan fingerprint density at radius 3 is 2.92 bits per heavy atom. The first kappa shape index (κ1) is 8.07. The highest BCUT2D eigenvalue weighted by Gasteiger charge is 2.36. The van der Waals surface area contributed by atoms with E-state index in [-0.39, 0.29) is 0 Å². The second kappa shape index (κ2) is 2.74. The molecule has 0 saturated carbocycles. The van der Waals surface area contributed by atoms with E-state index in [1.54, 1.807) is 25.0 Å². The van der Waals surface area contributed by atoms with Gasteiger partial charge in [-0.15, -0.1) is 0 Å². The van der Waals surface area contributed by atoms with E-state index in [4.69, 9.17) is 0 Å². The number of hydrogen-bond donors (Lipinski definition) is 1. The normalized spacial score (nSPS) is 20.5. The molecule has 2 rings (SSSR count). The molecule has 0 spiro atoms. The summed E-state index contributed by atoms with van der Waals surface area (Å²) >= 11 is 1.77. The summed E-state index contributed by atoms with van der Waals surface area (Å²) < 4.78 is 0. The fourth-order valence-electron chi connectivity index (χ4n) is 1.25. The van der Waals surface area contributed by atoms with Gasteiger partial charge in [0.15, 0.2) is 0 Å². The van der Waals surface area contributed by atoms with Gasteiger partial charge in [-0.2, -0.15) is 26.8 Å². The molecule has 2 heterocycles. The maximum absolute atomic E-state index is 9.77. The molecule has 1 aromatic heterocycles. The second-order valence-electron chi connectivity index (χ2n) is 3.22. The minimum Gasteiger partial charge on any atom is -0.388 e. The number of nitrogens with zero attached hydrogens (tertiary/aromatic N) is 3. The lowest BCUT2D eigenvalue weighted by Gasteiger charge is -2.35. The molecule has 1 saturated heterocycles.